The van der Waals surface area contributed by atoms with Gasteiger partial charge in [0, 0.05) is 16.2 Å². The lowest BCUT2D eigenvalue weighted by Crippen LogP contribution is -2.39. The Kier molecular flexibility index (Phi) is 8.49. The lowest BCUT2D eigenvalue weighted by atomic mass is 10.0. The van der Waals surface area contributed by atoms with Gasteiger partial charge in [0.25, 0.3) is 0 Å². The van der Waals surface area contributed by atoms with Crippen molar-refractivity contribution in [2.75, 3.05) is 0 Å². The molecular formula is C30H4BF17O3. The molecule has 0 fully saturated rings. The molecular weight excluding hydrogens is 742 g/mol. The summed E-state index contributed by atoms with van der Waals surface area (Å²) in [6.45, 7) is 0. The van der Waals surface area contributed by atoms with Gasteiger partial charge in [-0.25, -0.2) is 57.1 Å². The molecule has 0 N–H and O–H groups in total. The van der Waals surface area contributed by atoms with Gasteiger partial charge < -0.3 is 14.0 Å². The van der Waals surface area contributed by atoms with Crippen molar-refractivity contribution in [3.63, 3.8) is 0 Å². The van der Waals surface area contributed by atoms with Crippen molar-refractivity contribution in [1.29, 1.82) is 0 Å². The second-order valence-corrected chi connectivity index (χ2v) is 10.1. The number of rotatable bonds is 6. The van der Waals surface area contributed by atoms with E-state index in [4.69, 9.17) is 4.65 Å². The first-order valence-corrected chi connectivity index (χ1v) is 13.1. The van der Waals surface area contributed by atoms with Gasteiger partial charge in [-0.15, -0.1) is 0 Å². The van der Waals surface area contributed by atoms with Crippen LogP contribution in [0.3, 0.4) is 0 Å². The van der Waals surface area contributed by atoms with Crippen LogP contribution in [0.25, 0.3) is 32.3 Å². The Morgan fingerprint density at radius 3 is 1.31 bits per heavy atom. The highest BCUT2D eigenvalue weighted by Gasteiger charge is 2.41. The summed E-state index contributed by atoms with van der Waals surface area (Å²) < 4.78 is 259. The number of hydrogen-bond donors (Lipinski definition) is 0. The maximum Gasteiger partial charge on any atom is 0.864 e. The summed E-state index contributed by atoms with van der Waals surface area (Å²) >= 11 is 0. The molecule has 0 unspecified atom stereocenters. The summed E-state index contributed by atoms with van der Waals surface area (Å²) in [4.78, 5) is 0. The van der Waals surface area contributed by atoms with E-state index < -0.39 is 156 Å². The molecule has 0 radical (unpaired) electrons. The standard InChI is InChI=1S/C30H4BF17O3/c32-9-2-1-5-3-8-7(4-6(5)12(9)33)13(34)17(38)24(45)28(8)49-31(51-30-26(47)22(43)21(42)23(44)27(30)48)50-29-11-10(15(36)20(41)25(29)46)14(35)18(39)19(40)16(11)37/h1-4H. The smallest absolute Gasteiger partial charge is 0.486 e. The number of halogens is 17. The molecule has 6 rings (SSSR count). The molecule has 0 bridgehead atoms. The van der Waals surface area contributed by atoms with Crippen molar-refractivity contribution in [2.24, 2.45) is 0 Å². The van der Waals surface area contributed by atoms with Gasteiger partial charge in [-0.05, 0) is 23.6 Å². The quantitative estimate of drug-likeness (QED) is 0.0559. The molecule has 264 valence electrons. The van der Waals surface area contributed by atoms with Crippen molar-refractivity contribution in [3.05, 3.63) is 123 Å². The topological polar surface area (TPSA) is 27.7 Å². The third kappa shape index (κ3) is 5.23. The zero-order valence-electron chi connectivity index (χ0n) is 23.5. The molecule has 0 spiro atoms. The minimum absolute atomic E-state index is 0.368. The maximum atomic E-state index is 15.3. The predicted octanol–water partition coefficient (Wildman–Crippen LogP) is 10.0. The summed E-state index contributed by atoms with van der Waals surface area (Å²) in [7, 11) is -3.69. The highest BCUT2D eigenvalue weighted by Crippen LogP contribution is 2.42. The lowest BCUT2D eigenvalue weighted by Gasteiger charge is -2.21. The van der Waals surface area contributed by atoms with E-state index in [2.05, 4.69) is 9.31 Å². The van der Waals surface area contributed by atoms with Gasteiger partial charge >= 0.3 is 7.32 Å². The van der Waals surface area contributed by atoms with Crippen LogP contribution < -0.4 is 14.0 Å². The van der Waals surface area contributed by atoms with Gasteiger partial charge in [0.05, 0.1) is 10.8 Å². The van der Waals surface area contributed by atoms with Crippen molar-refractivity contribution in [2.45, 2.75) is 0 Å². The Labute approximate surface area is 269 Å². The number of fused-ring (bicyclic) bond motifs is 3. The Morgan fingerprint density at radius 2 is 0.725 bits per heavy atom. The zero-order chi connectivity index (χ0) is 37.5. The van der Waals surface area contributed by atoms with E-state index >= 15 is 8.78 Å². The van der Waals surface area contributed by atoms with Crippen LogP contribution >= 0.6 is 0 Å². The van der Waals surface area contributed by atoms with Crippen LogP contribution in [-0.2, 0) is 0 Å². The highest BCUT2D eigenvalue weighted by atomic mass is 19.2. The Morgan fingerprint density at radius 1 is 0.314 bits per heavy atom. The highest BCUT2D eigenvalue weighted by molar-refractivity contribution is 6.40. The van der Waals surface area contributed by atoms with E-state index in [1.54, 1.807) is 0 Å². The summed E-state index contributed by atoms with van der Waals surface area (Å²) in [5.41, 5.74) is 0. The molecule has 0 aromatic heterocycles. The van der Waals surface area contributed by atoms with Gasteiger partial charge in [-0.2, -0.15) is 17.6 Å². The maximum absolute atomic E-state index is 15.3. The van der Waals surface area contributed by atoms with Crippen molar-refractivity contribution in [1.82, 2.24) is 0 Å². The van der Waals surface area contributed by atoms with Gasteiger partial charge in [-0.1, -0.05) is 6.07 Å². The Balaban J connectivity index is 1.65. The summed E-state index contributed by atoms with van der Waals surface area (Å²) in [5, 5.41) is -7.99. The molecule has 51 heavy (non-hydrogen) atoms. The molecule has 21 heteroatoms. The molecule has 0 atom stereocenters. The summed E-state index contributed by atoms with van der Waals surface area (Å²) in [6, 6.07) is 2.17. The minimum Gasteiger partial charge on any atom is -0.486 e. The van der Waals surface area contributed by atoms with Crippen molar-refractivity contribution in [3.8, 4) is 17.2 Å². The SMILES string of the molecule is Fc1ccc2cc3c(OB(Oc4c(F)c(F)c(F)c(F)c4F)Oc4c(F)c(F)c(F)c5c(F)c(F)c(F)c(F)c45)c(F)c(F)c(F)c3cc2c1F. The molecule has 3 nitrogen and oxygen atoms in total. The van der Waals surface area contributed by atoms with Crippen molar-refractivity contribution >= 4 is 39.6 Å². The lowest BCUT2D eigenvalue weighted by molar-refractivity contribution is 0.267. The molecule has 6 aromatic rings. The van der Waals surface area contributed by atoms with E-state index in [-0.39, 0.29) is 0 Å². The largest absolute Gasteiger partial charge is 0.864 e. The molecule has 0 amide bonds. The molecule has 0 saturated carbocycles. The van der Waals surface area contributed by atoms with Gasteiger partial charge in [0.1, 0.15) is 0 Å². The fourth-order valence-corrected chi connectivity index (χ4v) is 4.85. The fourth-order valence-electron chi connectivity index (χ4n) is 4.85. The van der Waals surface area contributed by atoms with Gasteiger partial charge in [0.15, 0.2) is 75.4 Å². The molecule has 0 aliphatic rings. The van der Waals surface area contributed by atoms with Crippen LogP contribution in [0.4, 0.5) is 74.6 Å². The van der Waals surface area contributed by atoms with Crippen LogP contribution in [0.15, 0.2) is 24.3 Å². The van der Waals surface area contributed by atoms with E-state index in [0.717, 1.165) is 6.07 Å². The van der Waals surface area contributed by atoms with E-state index in [1.807, 2.05) is 0 Å². The first-order chi connectivity index (χ1) is 23.9. The predicted molar refractivity (Wildman–Crippen MR) is 139 cm³/mol. The average Bonchev–Trinajstić information content (AvgIpc) is 3.11. The molecule has 6 aromatic carbocycles. The zero-order valence-corrected chi connectivity index (χ0v) is 23.5. The molecule has 0 aliphatic carbocycles. The first kappa shape index (κ1) is 35.2. The average molecular weight is 746 g/mol. The van der Waals surface area contributed by atoms with Crippen LogP contribution in [0, 0.1) is 98.9 Å². The second-order valence-electron chi connectivity index (χ2n) is 10.1. The Hall–Kier alpha value is -5.63. The normalized spacial score (nSPS) is 11.6. The Bertz CT molecular complexity index is 2470. The minimum atomic E-state index is -3.69. The third-order valence-electron chi connectivity index (χ3n) is 7.22. The molecule has 0 heterocycles. The van der Waals surface area contributed by atoms with Crippen LogP contribution in [0.2, 0.25) is 0 Å². The fraction of sp³-hybridized carbons (Fsp3) is 0. The second kappa shape index (κ2) is 12.3. The van der Waals surface area contributed by atoms with E-state index in [9.17, 15) is 65.9 Å². The first-order valence-electron chi connectivity index (χ1n) is 13.1. The van der Waals surface area contributed by atoms with E-state index in [0.29, 0.717) is 18.2 Å². The number of hydrogen-bond acceptors (Lipinski definition) is 3. The van der Waals surface area contributed by atoms with Crippen molar-refractivity contribution < 1.29 is 88.6 Å². The number of benzene rings is 6. The monoisotopic (exact) mass is 746 g/mol. The van der Waals surface area contributed by atoms with Crippen LogP contribution in [0.1, 0.15) is 0 Å². The summed E-state index contributed by atoms with van der Waals surface area (Å²) in [5.74, 6) is -50.8. The molecule has 0 saturated heterocycles. The van der Waals surface area contributed by atoms with E-state index in [1.165, 1.54) is 0 Å². The van der Waals surface area contributed by atoms with Crippen LogP contribution in [-0.4, -0.2) is 7.32 Å². The third-order valence-corrected chi connectivity index (χ3v) is 7.22. The van der Waals surface area contributed by atoms with Gasteiger partial charge in [-0.3, -0.25) is 0 Å². The molecule has 0 aliphatic heterocycles. The van der Waals surface area contributed by atoms with Crippen LogP contribution in [0.5, 0.6) is 17.2 Å². The van der Waals surface area contributed by atoms with Gasteiger partial charge in [0.2, 0.25) is 40.7 Å². The summed E-state index contributed by atoms with van der Waals surface area (Å²) in [6.07, 6.45) is 0.